The molecule has 0 aliphatic carbocycles. The Hall–Kier alpha value is -2.46. The zero-order valence-electron chi connectivity index (χ0n) is 19.7. The number of halogens is 3. The SMILES string of the molecule is O=C1CCC(c2nn(CC(F)(F)F)c3cc(C4CCN(CC5CCNCC5)CC4)ccc23)C(=O)N1. The number of nitrogens with zero attached hydrogens (tertiary/aromatic N) is 3. The molecule has 4 heterocycles. The molecule has 1 aromatic heterocycles. The topological polar surface area (TPSA) is 79.3 Å². The maximum atomic E-state index is 13.3. The minimum atomic E-state index is -4.43. The van der Waals surface area contributed by atoms with Crippen molar-refractivity contribution in [1.82, 2.24) is 25.3 Å². The number of benzene rings is 1. The quantitative estimate of drug-likeness (QED) is 0.628. The summed E-state index contributed by atoms with van der Waals surface area (Å²) in [6.07, 6.45) is 0.355. The summed E-state index contributed by atoms with van der Waals surface area (Å²) in [4.78, 5) is 26.5. The molecular formula is C25H32F3N5O2. The molecule has 0 spiro atoms. The smallest absolute Gasteiger partial charge is 0.317 e. The van der Waals surface area contributed by atoms with Crippen molar-refractivity contribution in [3.63, 3.8) is 0 Å². The van der Waals surface area contributed by atoms with Crippen molar-refractivity contribution in [2.45, 2.75) is 63.1 Å². The number of piperidine rings is 3. The standard InChI is InChI=1S/C25H32F3N5O2/c26-25(27,28)15-33-21-13-18(17-7-11-32(12-8-17)14-16-5-9-29-10-6-16)1-2-19(21)23(31-33)20-3-4-22(34)30-24(20)35/h1-2,13,16-17,20,29H,3-12,14-15H2,(H,30,34,35). The average Bonchev–Trinajstić information content (AvgIpc) is 3.16. The molecule has 3 saturated heterocycles. The summed E-state index contributed by atoms with van der Waals surface area (Å²) in [5.41, 5.74) is 1.74. The molecule has 5 rings (SSSR count). The fourth-order valence-corrected chi connectivity index (χ4v) is 5.85. The maximum Gasteiger partial charge on any atom is 0.408 e. The average molecular weight is 492 g/mol. The van der Waals surface area contributed by atoms with E-state index >= 15 is 0 Å². The highest BCUT2D eigenvalue weighted by atomic mass is 19.4. The molecule has 10 heteroatoms. The molecule has 0 radical (unpaired) electrons. The molecule has 1 aromatic carbocycles. The number of nitrogens with one attached hydrogen (secondary N) is 2. The highest BCUT2D eigenvalue weighted by molar-refractivity contribution is 6.02. The molecule has 1 unspecified atom stereocenters. The van der Waals surface area contributed by atoms with Crippen LogP contribution in [0.15, 0.2) is 18.2 Å². The Morgan fingerprint density at radius 2 is 1.77 bits per heavy atom. The number of amides is 2. The van der Waals surface area contributed by atoms with Crippen LogP contribution in [0.25, 0.3) is 10.9 Å². The number of hydrogen-bond acceptors (Lipinski definition) is 5. The van der Waals surface area contributed by atoms with Gasteiger partial charge in [0.2, 0.25) is 11.8 Å². The number of aromatic nitrogens is 2. The summed E-state index contributed by atoms with van der Waals surface area (Å²) in [5.74, 6) is -0.554. The first kappa shape index (κ1) is 24.2. The molecule has 0 bridgehead atoms. The fourth-order valence-electron chi connectivity index (χ4n) is 5.85. The molecule has 3 aliphatic rings. The lowest BCUT2D eigenvalue weighted by atomic mass is 9.87. The molecule has 35 heavy (non-hydrogen) atoms. The first-order chi connectivity index (χ1) is 16.8. The van der Waals surface area contributed by atoms with Gasteiger partial charge >= 0.3 is 6.18 Å². The van der Waals surface area contributed by atoms with Gasteiger partial charge in [0, 0.05) is 18.4 Å². The number of carbonyl (C=O) groups excluding carboxylic acids is 2. The van der Waals surface area contributed by atoms with E-state index in [4.69, 9.17) is 0 Å². The molecule has 3 aliphatic heterocycles. The molecule has 190 valence electrons. The third kappa shape index (κ3) is 5.53. The van der Waals surface area contributed by atoms with E-state index in [2.05, 4.69) is 20.6 Å². The van der Waals surface area contributed by atoms with Gasteiger partial charge in [-0.05, 0) is 81.7 Å². The summed E-state index contributed by atoms with van der Waals surface area (Å²) >= 11 is 0. The van der Waals surface area contributed by atoms with E-state index in [-0.39, 0.29) is 24.7 Å². The number of hydrogen-bond donors (Lipinski definition) is 2. The lowest BCUT2D eigenvalue weighted by molar-refractivity contribution is -0.141. The Bertz CT molecular complexity index is 1080. The first-order valence-corrected chi connectivity index (χ1v) is 12.6. The fraction of sp³-hybridized carbons (Fsp3) is 0.640. The van der Waals surface area contributed by atoms with Crippen LogP contribution in [0, 0.1) is 5.92 Å². The second-order valence-corrected chi connectivity index (χ2v) is 10.2. The third-order valence-electron chi connectivity index (χ3n) is 7.74. The Morgan fingerprint density at radius 3 is 2.46 bits per heavy atom. The molecule has 3 fully saturated rings. The summed E-state index contributed by atoms with van der Waals surface area (Å²) in [6.45, 7) is 4.09. The third-order valence-corrected chi connectivity index (χ3v) is 7.74. The van der Waals surface area contributed by atoms with Gasteiger partial charge in [0.25, 0.3) is 0 Å². The molecular weight excluding hydrogens is 459 g/mol. The van der Waals surface area contributed by atoms with Gasteiger partial charge in [0.1, 0.15) is 6.54 Å². The molecule has 2 aromatic rings. The van der Waals surface area contributed by atoms with Gasteiger partial charge in [-0.2, -0.15) is 18.3 Å². The van der Waals surface area contributed by atoms with E-state index < -0.39 is 24.5 Å². The van der Waals surface area contributed by atoms with Gasteiger partial charge in [-0.3, -0.25) is 19.6 Å². The Kier molecular flexibility index (Phi) is 6.85. The number of likely N-dealkylation sites (tertiary alicyclic amines) is 1. The summed E-state index contributed by atoms with van der Waals surface area (Å²) in [7, 11) is 0. The normalized spacial score (nSPS) is 23.7. The summed E-state index contributed by atoms with van der Waals surface area (Å²) in [5, 5.41) is 10.5. The van der Waals surface area contributed by atoms with Crippen molar-refractivity contribution in [3.8, 4) is 0 Å². The van der Waals surface area contributed by atoms with Gasteiger partial charge in [-0.1, -0.05) is 12.1 Å². The van der Waals surface area contributed by atoms with Crippen LogP contribution in [0.1, 0.15) is 61.6 Å². The second kappa shape index (κ2) is 9.89. The van der Waals surface area contributed by atoms with Crippen molar-refractivity contribution in [3.05, 3.63) is 29.5 Å². The van der Waals surface area contributed by atoms with Gasteiger partial charge in [0.15, 0.2) is 0 Å². The predicted molar refractivity (Wildman–Crippen MR) is 125 cm³/mol. The van der Waals surface area contributed by atoms with E-state index in [1.165, 1.54) is 12.8 Å². The predicted octanol–water partition coefficient (Wildman–Crippen LogP) is 3.30. The molecule has 2 amide bonds. The highest BCUT2D eigenvalue weighted by Crippen LogP contribution is 2.36. The monoisotopic (exact) mass is 491 g/mol. The van der Waals surface area contributed by atoms with Crippen LogP contribution < -0.4 is 10.6 Å². The Labute approximate surface area is 202 Å². The van der Waals surface area contributed by atoms with E-state index in [1.54, 1.807) is 0 Å². The van der Waals surface area contributed by atoms with Crippen LogP contribution in [-0.4, -0.2) is 65.4 Å². The van der Waals surface area contributed by atoms with Gasteiger partial charge in [0.05, 0.1) is 17.1 Å². The number of fused-ring (bicyclic) bond motifs is 1. The highest BCUT2D eigenvalue weighted by Gasteiger charge is 2.35. The van der Waals surface area contributed by atoms with Crippen LogP contribution in [0.4, 0.5) is 13.2 Å². The minimum absolute atomic E-state index is 0.151. The maximum absolute atomic E-state index is 13.3. The van der Waals surface area contributed by atoms with Crippen LogP contribution in [-0.2, 0) is 16.1 Å². The van der Waals surface area contributed by atoms with Gasteiger partial charge < -0.3 is 10.2 Å². The minimum Gasteiger partial charge on any atom is -0.317 e. The number of imide groups is 1. The van der Waals surface area contributed by atoms with Crippen molar-refractivity contribution < 1.29 is 22.8 Å². The van der Waals surface area contributed by atoms with Crippen LogP contribution in [0.5, 0.6) is 0 Å². The Balaban J connectivity index is 1.36. The van der Waals surface area contributed by atoms with Gasteiger partial charge in [-0.25, -0.2) is 0 Å². The number of carbonyl (C=O) groups is 2. The molecule has 0 saturated carbocycles. The van der Waals surface area contributed by atoms with E-state index in [9.17, 15) is 22.8 Å². The number of alkyl halides is 3. The molecule has 1 atom stereocenters. The summed E-state index contributed by atoms with van der Waals surface area (Å²) < 4.78 is 41.0. The zero-order chi connectivity index (χ0) is 24.6. The van der Waals surface area contributed by atoms with Crippen molar-refractivity contribution in [2.24, 2.45) is 5.92 Å². The lowest BCUT2D eigenvalue weighted by Crippen LogP contribution is -2.39. The zero-order valence-corrected chi connectivity index (χ0v) is 19.7. The molecule has 7 nitrogen and oxygen atoms in total. The largest absolute Gasteiger partial charge is 0.408 e. The van der Waals surface area contributed by atoms with E-state index in [0.29, 0.717) is 16.6 Å². The van der Waals surface area contributed by atoms with Crippen molar-refractivity contribution in [2.75, 3.05) is 32.7 Å². The van der Waals surface area contributed by atoms with Gasteiger partial charge in [-0.15, -0.1) is 0 Å². The first-order valence-electron chi connectivity index (χ1n) is 12.6. The van der Waals surface area contributed by atoms with E-state index in [0.717, 1.165) is 61.7 Å². The second-order valence-electron chi connectivity index (χ2n) is 10.2. The van der Waals surface area contributed by atoms with E-state index in [1.807, 2.05) is 18.2 Å². The van der Waals surface area contributed by atoms with Crippen molar-refractivity contribution in [1.29, 1.82) is 0 Å². The van der Waals surface area contributed by atoms with Crippen LogP contribution >= 0.6 is 0 Å². The van der Waals surface area contributed by atoms with Crippen LogP contribution in [0.3, 0.4) is 0 Å². The summed E-state index contributed by atoms with van der Waals surface area (Å²) in [6, 6.07) is 5.62. The Morgan fingerprint density at radius 1 is 1.03 bits per heavy atom. The van der Waals surface area contributed by atoms with Crippen molar-refractivity contribution >= 4 is 22.7 Å². The lowest BCUT2D eigenvalue weighted by Gasteiger charge is -2.35. The number of rotatable bonds is 5. The van der Waals surface area contributed by atoms with Crippen LogP contribution in [0.2, 0.25) is 0 Å². The molecule has 2 N–H and O–H groups in total.